The predicted octanol–water partition coefficient (Wildman–Crippen LogP) is 6.74. The Balaban J connectivity index is 1.68. The van der Waals surface area contributed by atoms with Crippen LogP contribution in [0.2, 0.25) is 5.02 Å². The molecule has 6 nitrogen and oxygen atoms in total. The van der Waals surface area contributed by atoms with E-state index in [0.29, 0.717) is 39.2 Å². The van der Waals surface area contributed by atoms with Crippen LogP contribution in [-0.4, -0.2) is 28.4 Å². The number of thiazole rings is 1. The summed E-state index contributed by atoms with van der Waals surface area (Å²) in [6.45, 7) is 2.39. The Morgan fingerprint density at radius 2 is 1.83 bits per heavy atom. The van der Waals surface area contributed by atoms with Crippen LogP contribution >= 0.6 is 38.9 Å². The monoisotopic (exact) mass is 568 g/mol. The molecule has 1 unspecified atom stereocenters. The summed E-state index contributed by atoms with van der Waals surface area (Å²) in [6.07, 6.45) is 0. The fourth-order valence-corrected chi connectivity index (χ4v) is 5.54. The minimum atomic E-state index is -0.856. The van der Waals surface area contributed by atoms with E-state index >= 15 is 0 Å². The average Bonchev–Trinajstić information content (AvgIpc) is 3.37. The van der Waals surface area contributed by atoms with E-state index in [2.05, 4.69) is 20.9 Å². The Bertz CT molecular complexity index is 1480. The first-order chi connectivity index (χ1) is 16.9. The first-order valence-electron chi connectivity index (χ1n) is 10.7. The molecule has 1 aliphatic heterocycles. The van der Waals surface area contributed by atoms with Crippen molar-refractivity contribution in [1.82, 2.24) is 4.98 Å². The highest BCUT2D eigenvalue weighted by molar-refractivity contribution is 9.10. The van der Waals surface area contributed by atoms with Crippen LogP contribution in [0.3, 0.4) is 0 Å². The molecule has 1 amide bonds. The predicted molar refractivity (Wildman–Crippen MR) is 141 cm³/mol. The first kappa shape index (κ1) is 23.5. The Morgan fingerprint density at radius 3 is 2.51 bits per heavy atom. The third-order valence-corrected chi connectivity index (χ3v) is 7.40. The molecule has 1 N–H and O–H groups in total. The van der Waals surface area contributed by atoms with Gasteiger partial charge in [-0.25, -0.2) is 4.98 Å². The molecule has 1 saturated heterocycles. The standard InChI is InChI=1S/C26H18BrClN2O4S/c1-2-34-18-10-5-15(6-11-18)23(31)21-22(14-3-7-16(27)8-4-14)30(25(33)24(21)32)26-29-19-12-9-17(28)13-20(19)35-26/h3-13,22,31H,2H2,1H3. The van der Waals surface area contributed by atoms with E-state index in [4.69, 9.17) is 16.3 Å². The molecule has 1 aromatic heterocycles. The van der Waals surface area contributed by atoms with Crippen molar-refractivity contribution in [3.8, 4) is 5.75 Å². The number of Topliss-reactive ketones (excluding diaryl/α,β-unsaturated/α-hetero) is 1. The van der Waals surface area contributed by atoms with E-state index in [9.17, 15) is 14.7 Å². The fraction of sp³-hybridized carbons (Fsp3) is 0.115. The Kier molecular flexibility index (Phi) is 6.35. The van der Waals surface area contributed by atoms with Crippen molar-refractivity contribution < 1.29 is 19.4 Å². The maximum atomic E-state index is 13.3. The van der Waals surface area contributed by atoms with E-state index in [1.165, 1.54) is 16.2 Å². The number of aliphatic hydroxyl groups excluding tert-OH is 1. The van der Waals surface area contributed by atoms with Gasteiger partial charge in [0.15, 0.2) is 5.13 Å². The molecular formula is C26H18BrClN2O4S. The molecule has 176 valence electrons. The number of carbonyl (C=O) groups is 2. The highest BCUT2D eigenvalue weighted by Gasteiger charge is 2.48. The van der Waals surface area contributed by atoms with Crippen LogP contribution in [0.1, 0.15) is 24.1 Å². The van der Waals surface area contributed by atoms with Crippen molar-refractivity contribution in [2.45, 2.75) is 13.0 Å². The summed E-state index contributed by atoms with van der Waals surface area (Å²) in [5.74, 6) is -1.15. The van der Waals surface area contributed by atoms with Crippen LogP contribution in [0.5, 0.6) is 5.75 Å². The fourth-order valence-electron chi connectivity index (χ4n) is 4.01. The summed E-state index contributed by atoms with van der Waals surface area (Å²) in [5.41, 5.74) is 1.73. The van der Waals surface area contributed by atoms with Gasteiger partial charge in [0.25, 0.3) is 5.78 Å². The summed E-state index contributed by atoms with van der Waals surface area (Å²) in [6, 6.07) is 18.4. The molecule has 9 heteroatoms. The minimum Gasteiger partial charge on any atom is -0.507 e. The lowest BCUT2D eigenvalue weighted by Gasteiger charge is -2.23. The molecule has 35 heavy (non-hydrogen) atoms. The van der Waals surface area contributed by atoms with Gasteiger partial charge in [0.05, 0.1) is 28.4 Å². The van der Waals surface area contributed by atoms with E-state index in [1.807, 2.05) is 31.2 Å². The lowest BCUT2D eigenvalue weighted by Crippen LogP contribution is -2.29. The number of aromatic nitrogens is 1. The summed E-state index contributed by atoms with van der Waals surface area (Å²) in [5, 5.41) is 12.2. The molecule has 2 heterocycles. The van der Waals surface area contributed by atoms with Gasteiger partial charge in [-0.3, -0.25) is 14.5 Å². The molecular weight excluding hydrogens is 552 g/mol. The number of carbonyl (C=O) groups excluding carboxylic acids is 2. The summed E-state index contributed by atoms with van der Waals surface area (Å²) in [4.78, 5) is 32.6. The zero-order chi connectivity index (χ0) is 24.7. The number of halogens is 2. The van der Waals surface area contributed by atoms with Crippen LogP contribution in [0, 0.1) is 0 Å². The van der Waals surface area contributed by atoms with Gasteiger partial charge in [0, 0.05) is 15.1 Å². The second-order valence-corrected chi connectivity index (χ2v) is 10.1. The topological polar surface area (TPSA) is 79.7 Å². The molecule has 0 radical (unpaired) electrons. The van der Waals surface area contributed by atoms with Gasteiger partial charge in [0.2, 0.25) is 0 Å². The minimum absolute atomic E-state index is 0.00114. The number of aliphatic hydroxyl groups is 1. The van der Waals surface area contributed by atoms with Gasteiger partial charge in [-0.2, -0.15) is 0 Å². The SMILES string of the molecule is CCOc1ccc(C(O)=C2C(=O)C(=O)N(c3nc4ccc(Cl)cc4s3)C2c2ccc(Br)cc2)cc1. The smallest absolute Gasteiger partial charge is 0.301 e. The van der Waals surface area contributed by atoms with Crippen molar-refractivity contribution in [2.24, 2.45) is 0 Å². The Morgan fingerprint density at radius 1 is 1.11 bits per heavy atom. The van der Waals surface area contributed by atoms with Crippen molar-refractivity contribution in [3.05, 3.63) is 92.9 Å². The number of ketones is 1. The molecule has 0 bridgehead atoms. The number of amides is 1. The van der Waals surface area contributed by atoms with Crippen LogP contribution in [0.25, 0.3) is 16.0 Å². The molecule has 0 spiro atoms. The zero-order valence-corrected chi connectivity index (χ0v) is 21.5. The Labute approximate surface area is 218 Å². The quantitative estimate of drug-likeness (QED) is 0.164. The number of hydrogen-bond donors (Lipinski definition) is 1. The third kappa shape index (κ3) is 4.33. The molecule has 1 atom stereocenters. The normalized spacial score (nSPS) is 17.3. The molecule has 5 rings (SSSR count). The number of fused-ring (bicyclic) bond motifs is 1. The van der Waals surface area contributed by atoms with Crippen LogP contribution in [0.4, 0.5) is 5.13 Å². The molecule has 0 aliphatic carbocycles. The van der Waals surface area contributed by atoms with Gasteiger partial charge < -0.3 is 9.84 Å². The zero-order valence-electron chi connectivity index (χ0n) is 18.4. The second kappa shape index (κ2) is 9.45. The lowest BCUT2D eigenvalue weighted by molar-refractivity contribution is -0.132. The maximum absolute atomic E-state index is 13.3. The van der Waals surface area contributed by atoms with Crippen LogP contribution in [-0.2, 0) is 9.59 Å². The van der Waals surface area contributed by atoms with E-state index in [-0.39, 0.29) is 11.3 Å². The summed E-state index contributed by atoms with van der Waals surface area (Å²) in [7, 11) is 0. The van der Waals surface area contributed by atoms with E-state index < -0.39 is 17.7 Å². The van der Waals surface area contributed by atoms with Crippen LogP contribution in [0.15, 0.2) is 76.8 Å². The molecule has 4 aromatic rings. The van der Waals surface area contributed by atoms with Crippen molar-refractivity contribution in [2.75, 3.05) is 11.5 Å². The summed E-state index contributed by atoms with van der Waals surface area (Å²) < 4.78 is 7.10. The Hall–Kier alpha value is -3.20. The number of anilines is 1. The van der Waals surface area contributed by atoms with Gasteiger partial charge >= 0.3 is 5.91 Å². The number of rotatable bonds is 5. The highest BCUT2D eigenvalue weighted by atomic mass is 79.9. The third-order valence-electron chi connectivity index (χ3n) is 5.61. The van der Waals surface area contributed by atoms with Gasteiger partial charge in [-0.15, -0.1) is 0 Å². The second-order valence-electron chi connectivity index (χ2n) is 7.79. The number of ether oxygens (including phenoxy) is 1. The highest BCUT2D eigenvalue weighted by Crippen LogP contribution is 2.44. The van der Waals surface area contributed by atoms with E-state index in [0.717, 1.165) is 9.17 Å². The van der Waals surface area contributed by atoms with Crippen molar-refractivity contribution >= 4 is 71.7 Å². The summed E-state index contributed by atoms with van der Waals surface area (Å²) >= 11 is 10.8. The maximum Gasteiger partial charge on any atom is 0.301 e. The van der Waals surface area contributed by atoms with Gasteiger partial charge in [-0.1, -0.05) is 51.0 Å². The number of hydrogen-bond acceptors (Lipinski definition) is 6. The number of benzene rings is 3. The molecule has 0 saturated carbocycles. The molecule has 1 aliphatic rings. The molecule has 3 aromatic carbocycles. The largest absolute Gasteiger partial charge is 0.507 e. The van der Waals surface area contributed by atoms with Gasteiger partial charge in [0.1, 0.15) is 11.5 Å². The average molecular weight is 570 g/mol. The van der Waals surface area contributed by atoms with Crippen molar-refractivity contribution in [1.29, 1.82) is 0 Å². The molecule has 1 fully saturated rings. The van der Waals surface area contributed by atoms with Gasteiger partial charge in [-0.05, 0) is 67.1 Å². The van der Waals surface area contributed by atoms with E-state index in [1.54, 1.807) is 42.5 Å². The first-order valence-corrected chi connectivity index (χ1v) is 12.7. The lowest BCUT2D eigenvalue weighted by atomic mass is 9.95. The number of nitrogens with zero attached hydrogens (tertiary/aromatic N) is 2. The van der Waals surface area contributed by atoms with Crippen molar-refractivity contribution in [3.63, 3.8) is 0 Å². The van der Waals surface area contributed by atoms with Crippen LogP contribution < -0.4 is 9.64 Å².